The normalized spacial score (nSPS) is 12.6. The van der Waals surface area contributed by atoms with Gasteiger partial charge in [0.15, 0.2) is 0 Å². The molecule has 0 aliphatic heterocycles. The highest BCUT2D eigenvalue weighted by atomic mass is 16.3. The van der Waals surface area contributed by atoms with E-state index in [0.717, 1.165) is 17.9 Å². The summed E-state index contributed by atoms with van der Waals surface area (Å²) in [4.78, 5) is 4.03. The van der Waals surface area contributed by atoms with Gasteiger partial charge in [-0.1, -0.05) is 0 Å². The van der Waals surface area contributed by atoms with Crippen LogP contribution in [0.15, 0.2) is 35.0 Å². The minimum Gasteiger partial charge on any atom is -0.466 e. The Kier molecular flexibility index (Phi) is 3.59. The zero-order valence-corrected chi connectivity index (χ0v) is 10.5. The molecule has 0 bridgehead atoms. The summed E-state index contributed by atoms with van der Waals surface area (Å²) in [5.74, 6) is 1.96. The van der Waals surface area contributed by atoms with E-state index in [0.29, 0.717) is 0 Å². The second kappa shape index (κ2) is 5.15. The van der Waals surface area contributed by atoms with E-state index in [2.05, 4.69) is 16.4 Å². The fourth-order valence-corrected chi connectivity index (χ4v) is 2.12. The van der Waals surface area contributed by atoms with Crippen molar-refractivity contribution in [3.63, 3.8) is 0 Å². The lowest BCUT2D eigenvalue weighted by atomic mass is 10.00. The number of rotatable bonds is 4. The molecule has 0 fully saturated rings. The Morgan fingerprint density at radius 3 is 2.53 bits per heavy atom. The van der Waals surface area contributed by atoms with Gasteiger partial charge in [0.25, 0.3) is 0 Å². The molecule has 1 atom stereocenters. The predicted molar refractivity (Wildman–Crippen MR) is 67.9 cm³/mol. The Morgan fingerprint density at radius 1 is 1.29 bits per heavy atom. The molecule has 0 aromatic carbocycles. The van der Waals surface area contributed by atoms with Crippen molar-refractivity contribution >= 4 is 0 Å². The van der Waals surface area contributed by atoms with Gasteiger partial charge in [0.2, 0.25) is 0 Å². The SMILES string of the molecule is CNC(Cc1ccncc1)c1cc(C)oc1C. The molecule has 3 heteroatoms. The topological polar surface area (TPSA) is 38.1 Å². The molecule has 2 aromatic rings. The quantitative estimate of drug-likeness (QED) is 0.877. The van der Waals surface area contributed by atoms with Crippen LogP contribution < -0.4 is 5.32 Å². The molecule has 2 rings (SSSR count). The predicted octanol–water partition coefficient (Wildman–Crippen LogP) is 2.79. The van der Waals surface area contributed by atoms with E-state index in [-0.39, 0.29) is 6.04 Å². The Labute approximate surface area is 102 Å². The van der Waals surface area contributed by atoms with Crippen molar-refractivity contribution in [1.29, 1.82) is 0 Å². The number of nitrogens with one attached hydrogen (secondary N) is 1. The molecule has 90 valence electrons. The summed E-state index contributed by atoms with van der Waals surface area (Å²) >= 11 is 0. The molecule has 0 aliphatic rings. The van der Waals surface area contributed by atoms with E-state index in [1.165, 1.54) is 11.1 Å². The zero-order valence-electron chi connectivity index (χ0n) is 10.5. The van der Waals surface area contributed by atoms with Gasteiger partial charge in [0.05, 0.1) is 0 Å². The standard InChI is InChI=1S/C14H18N2O/c1-10-8-13(11(2)17-10)14(15-3)9-12-4-6-16-7-5-12/h4-8,14-15H,9H2,1-3H3. The van der Waals surface area contributed by atoms with Crippen molar-refractivity contribution in [3.05, 3.63) is 53.2 Å². The van der Waals surface area contributed by atoms with Crippen LogP contribution in [0.2, 0.25) is 0 Å². The smallest absolute Gasteiger partial charge is 0.105 e. The largest absolute Gasteiger partial charge is 0.466 e. The van der Waals surface area contributed by atoms with E-state index in [1.54, 1.807) is 0 Å². The van der Waals surface area contributed by atoms with Crippen LogP contribution in [0.4, 0.5) is 0 Å². The highest BCUT2D eigenvalue weighted by Gasteiger charge is 2.15. The van der Waals surface area contributed by atoms with Gasteiger partial charge in [-0.05, 0) is 51.1 Å². The number of nitrogens with zero attached hydrogens (tertiary/aromatic N) is 1. The van der Waals surface area contributed by atoms with Crippen molar-refractivity contribution < 1.29 is 4.42 Å². The molecule has 0 saturated carbocycles. The van der Waals surface area contributed by atoms with Crippen molar-refractivity contribution in [2.75, 3.05) is 7.05 Å². The lowest BCUT2D eigenvalue weighted by Crippen LogP contribution is -2.19. The van der Waals surface area contributed by atoms with Crippen molar-refractivity contribution in [3.8, 4) is 0 Å². The number of aryl methyl sites for hydroxylation is 2. The molecule has 1 N–H and O–H groups in total. The Balaban J connectivity index is 2.20. The number of likely N-dealkylation sites (N-methyl/N-ethyl adjacent to an activating group) is 1. The van der Waals surface area contributed by atoms with Crippen LogP contribution in [0.25, 0.3) is 0 Å². The average molecular weight is 230 g/mol. The monoisotopic (exact) mass is 230 g/mol. The Bertz CT molecular complexity index is 476. The van der Waals surface area contributed by atoms with E-state index >= 15 is 0 Å². The number of furan rings is 1. The second-order valence-corrected chi connectivity index (χ2v) is 4.27. The number of hydrogen-bond acceptors (Lipinski definition) is 3. The summed E-state index contributed by atoms with van der Waals surface area (Å²) < 4.78 is 5.58. The van der Waals surface area contributed by atoms with Crippen LogP contribution in [-0.2, 0) is 6.42 Å². The molecule has 0 aliphatic carbocycles. The zero-order chi connectivity index (χ0) is 12.3. The van der Waals surface area contributed by atoms with Crippen molar-refractivity contribution in [1.82, 2.24) is 10.3 Å². The van der Waals surface area contributed by atoms with E-state index < -0.39 is 0 Å². The fourth-order valence-electron chi connectivity index (χ4n) is 2.12. The third-order valence-electron chi connectivity index (χ3n) is 2.99. The summed E-state index contributed by atoms with van der Waals surface area (Å²) in [6.07, 6.45) is 4.60. The number of hydrogen-bond donors (Lipinski definition) is 1. The lowest BCUT2D eigenvalue weighted by molar-refractivity contribution is 0.490. The van der Waals surface area contributed by atoms with Crippen LogP contribution in [0.5, 0.6) is 0 Å². The number of pyridine rings is 1. The van der Waals surface area contributed by atoms with Crippen LogP contribution in [0.1, 0.15) is 28.7 Å². The minimum absolute atomic E-state index is 0.287. The van der Waals surface area contributed by atoms with Gasteiger partial charge in [0.1, 0.15) is 11.5 Å². The van der Waals surface area contributed by atoms with Gasteiger partial charge in [-0.25, -0.2) is 0 Å². The third-order valence-corrected chi connectivity index (χ3v) is 2.99. The first-order valence-electron chi connectivity index (χ1n) is 5.84. The van der Waals surface area contributed by atoms with Crippen LogP contribution in [0, 0.1) is 13.8 Å². The summed E-state index contributed by atoms with van der Waals surface area (Å²) in [5.41, 5.74) is 2.51. The molecular weight excluding hydrogens is 212 g/mol. The van der Waals surface area contributed by atoms with Gasteiger partial charge in [-0.3, -0.25) is 4.98 Å². The Morgan fingerprint density at radius 2 is 2.00 bits per heavy atom. The van der Waals surface area contributed by atoms with Gasteiger partial charge in [-0.2, -0.15) is 0 Å². The highest BCUT2D eigenvalue weighted by Crippen LogP contribution is 2.24. The molecule has 0 spiro atoms. The summed E-state index contributed by atoms with van der Waals surface area (Å²) in [5, 5.41) is 3.34. The highest BCUT2D eigenvalue weighted by molar-refractivity contribution is 5.26. The van der Waals surface area contributed by atoms with Crippen LogP contribution in [-0.4, -0.2) is 12.0 Å². The van der Waals surface area contributed by atoms with E-state index in [9.17, 15) is 0 Å². The van der Waals surface area contributed by atoms with E-state index in [1.807, 2.05) is 45.4 Å². The first-order valence-corrected chi connectivity index (χ1v) is 5.84. The van der Waals surface area contributed by atoms with Gasteiger partial charge in [-0.15, -0.1) is 0 Å². The maximum absolute atomic E-state index is 5.58. The maximum Gasteiger partial charge on any atom is 0.105 e. The molecular formula is C14H18N2O. The minimum atomic E-state index is 0.287. The van der Waals surface area contributed by atoms with Crippen LogP contribution in [0.3, 0.4) is 0 Å². The maximum atomic E-state index is 5.58. The number of aromatic nitrogens is 1. The van der Waals surface area contributed by atoms with Gasteiger partial charge < -0.3 is 9.73 Å². The molecule has 1 unspecified atom stereocenters. The molecule has 3 nitrogen and oxygen atoms in total. The van der Waals surface area contributed by atoms with Gasteiger partial charge >= 0.3 is 0 Å². The van der Waals surface area contributed by atoms with E-state index in [4.69, 9.17) is 4.42 Å². The summed E-state index contributed by atoms with van der Waals surface area (Å²) in [7, 11) is 1.98. The third kappa shape index (κ3) is 2.74. The molecule has 0 radical (unpaired) electrons. The molecule has 2 aromatic heterocycles. The van der Waals surface area contributed by atoms with Crippen molar-refractivity contribution in [2.24, 2.45) is 0 Å². The summed E-state index contributed by atoms with van der Waals surface area (Å²) in [6, 6.07) is 6.49. The molecule has 2 heterocycles. The first kappa shape index (κ1) is 11.9. The van der Waals surface area contributed by atoms with Crippen LogP contribution >= 0.6 is 0 Å². The molecule has 0 saturated heterocycles. The Hall–Kier alpha value is -1.61. The summed E-state index contributed by atoms with van der Waals surface area (Å²) in [6.45, 7) is 3.99. The van der Waals surface area contributed by atoms with Crippen molar-refractivity contribution in [2.45, 2.75) is 26.3 Å². The fraction of sp³-hybridized carbons (Fsp3) is 0.357. The average Bonchev–Trinajstić information content (AvgIpc) is 2.67. The molecule has 0 amide bonds. The van der Waals surface area contributed by atoms with Gasteiger partial charge in [0, 0.05) is 24.0 Å². The second-order valence-electron chi connectivity index (χ2n) is 4.27. The molecule has 17 heavy (non-hydrogen) atoms. The first-order chi connectivity index (χ1) is 8.20. The lowest BCUT2D eigenvalue weighted by Gasteiger charge is -2.15.